The molecule has 1 heterocycles. The summed E-state index contributed by atoms with van der Waals surface area (Å²) in [5.74, 6) is 0.795. The summed E-state index contributed by atoms with van der Waals surface area (Å²) >= 11 is 0. The van der Waals surface area contributed by atoms with Gasteiger partial charge in [0.05, 0.1) is 11.8 Å². The normalized spacial score (nSPS) is 15.3. The third-order valence-corrected chi connectivity index (χ3v) is 4.61. The van der Waals surface area contributed by atoms with Crippen molar-refractivity contribution in [2.24, 2.45) is 0 Å². The van der Waals surface area contributed by atoms with Crippen molar-refractivity contribution < 1.29 is 4.74 Å². The fraction of sp³-hybridized carbons (Fsp3) is 0.364. The molecule has 0 fully saturated rings. The van der Waals surface area contributed by atoms with Crippen molar-refractivity contribution in [1.29, 1.82) is 0 Å². The number of aryl methyl sites for hydroxylation is 1. The molecule has 3 nitrogen and oxygen atoms in total. The third-order valence-electron chi connectivity index (χ3n) is 4.61. The molecule has 2 N–H and O–H groups in total. The van der Waals surface area contributed by atoms with Gasteiger partial charge in [-0.15, -0.1) is 0 Å². The van der Waals surface area contributed by atoms with E-state index >= 15 is 0 Å². The average Bonchev–Trinajstić information content (AvgIpc) is 2.59. The fourth-order valence-corrected chi connectivity index (χ4v) is 3.35. The Balaban J connectivity index is 1.74. The monoisotopic (exact) mass is 336 g/mol. The summed E-state index contributed by atoms with van der Waals surface area (Å²) in [7, 11) is 0. The van der Waals surface area contributed by atoms with Gasteiger partial charge in [-0.2, -0.15) is 0 Å². The molecule has 2 aromatic rings. The number of nitrogens with two attached hydrogens (primary N) is 1. The Morgan fingerprint density at radius 3 is 2.56 bits per heavy atom. The smallest absolute Gasteiger partial charge is 0.143 e. The molecule has 25 heavy (non-hydrogen) atoms. The van der Waals surface area contributed by atoms with Crippen LogP contribution in [-0.2, 0) is 6.54 Å². The number of nitrogens with zero attached hydrogens (tertiary/aromatic N) is 1. The first kappa shape index (κ1) is 17.6. The lowest BCUT2D eigenvalue weighted by atomic mass is 9.94. The number of benzene rings is 2. The molecule has 132 valence electrons. The second kappa shape index (κ2) is 7.75. The summed E-state index contributed by atoms with van der Waals surface area (Å²) in [5, 5.41) is 0. The molecular weight excluding hydrogens is 308 g/mol. The summed E-state index contributed by atoms with van der Waals surface area (Å²) in [6, 6.07) is 14.8. The quantitative estimate of drug-likeness (QED) is 0.808. The molecule has 0 spiro atoms. The van der Waals surface area contributed by atoms with Crippen molar-refractivity contribution in [3.63, 3.8) is 0 Å². The molecule has 0 unspecified atom stereocenters. The first-order valence-electron chi connectivity index (χ1n) is 9.05. The number of anilines is 1. The second-order valence-corrected chi connectivity index (χ2v) is 7.07. The zero-order chi connectivity index (χ0) is 17.8. The number of nitrogen functional groups attached to an aromatic ring is 1. The highest BCUT2D eigenvalue weighted by atomic mass is 16.5. The van der Waals surface area contributed by atoms with Crippen LogP contribution < -0.4 is 10.5 Å². The summed E-state index contributed by atoms with van der Waals surface area (Å²) in [6.45, 7) is 9.25. The molecule has 0 amide bonds. The Morgan fingerprint density at radius 1 is 1.16 bits per heavy atom. The predicted molar refractivity (Wildman–Crippen MR) is 106 cm³/mol. The van der Waals surface area contributed by atoms with Gasteiger partial charge in [-0.1, -0.05) is 36.4 Å². The van der Waals surface area contributed by atoms with Gasteiger partial charge in [0.15, 0.2) is 0 Å². The average molecular weight is 336 g/mol. The van der Waals surface area contributed by atoms with Crippen molar-refractivity contribution in [1.82, 2.24) is 4.90 Å². The van der Waals surface area contributed by atoms with E-state index in [1.54, 1.807) is 0 Å². The van der Waals surface area contributed by atoms with E-state index < -0.39 is 0 Å². The highest BCUT2D eigenvalue weighted by Crippen LogP contribution is 2.33. The van der Waals surface area contributed by atoms with Crippen molar-refractivity contribution in [2.45, 2.75) is 39.8 Å². The number of hydrogen-bond acceptors (Lipinski definition) is 3. The van der Waals surface area contributed by atoms with Gasteiger partial charge in [-0.3, -0.25) is 4.90 Å². The van der Waals surface area contributed by atoms with E-state index in [0.29, 0.717) is 0 Å². The lowest BCUT2D eigenvalue weighted by Gasteiger charge is -2.27. The molecule has 3 heteroatoms. The van der Waals surface area contributed by atoms with E-state index in [1.165, 1.54) is 22.3 Å². The van der Waals surface area contributed by atoms with Crippen molar-refractivity contribution in [3.05, 3.63) is 65.2 Å². The van der Waals surface area contributed by atoms with Crippen LogP contribution in [0, 0.1) is 6.92 Å². The van der Waals surface area contributed by atoms with Gasteiger partial charge in [0.2, 0.25) is 0 Å². The molecule has 0 atom stereocenters. The van der Waals surface area contributed by atoms with Crippen LogP contribution >= 0.6 is 0 Å². The van der Waals surface area contributed by atoms with Gasteiger partial charge in [0, 0.05) is 19.6 Å². The minimum Gasteiger partial charge on any atom is -0.489 e. The van der Waals surface area contributed by atoms with E-state index in [0.717, 1.165) is 37.5 Å². The molecule has 2 aromatic carbocycles. The van der Waals surface area contributed by atoms with E-state index in [-0.39, 0.29) is 6.10 Å². The lowest BCUT2D eigenvalue weighted by molar-refractivity contribution is 0.243. The highest BCUT2D eigenvalue weighted by Gasteiger charge is 2.16. The van der Waals surface area contributed by atoms with Gasteiger partial charge in [0.1, 0.15) is 5.75 Å². The van der Waals surface area contributed by atoms with Crippen LogP contribution in [0.25, 0.3) is 5.57 Å². The first-order valence-corrected chi connectivity index (χ1v) is 9.05. The maximum Gasteiger partial charge on any atom is 0.143 e. The van der Waals surface area contributed by atoms with Crippen LogP contribution in [0.2, 0.25) is 0 Å². The molecule has 0 saturated carbocycles. The first-order chi connectivity index (χ1) is 12.0. The maximum absolute atomic E-state index is 6.12. The Bertz CT molecular complexity index is 750. The summed E-state index contributed by atoms with van der Waals surface area (Å²) in [6.07, 6.45) is 3.53. The largest absolute Gasteiger partial charge is 0.489 e. The molecular formula is C22H28N2O. The van der Waals surface area contributed by atoms with Crippen molar-refractivity contribution in [2.75, 3.05) is 18.8 Å². The molecule has 3 rings (SSSR count). The van der Waals surface area contributed by atoms with Gasteiger partial charge in [-0.05, 0) is 61.6 Å². The topological polar surface area (TPSA) is 38.5 Å². The summed E-state index contributed by atoms with van der Waals surface area (Å²) in [4.78, 5) is 2.48. The zero-order valence-corrected chi connectivity index (χ0v) is 15.5. The number of hydrogen-bond donors (Lipinski definition) is 1. The van der Waals surface area contributed by atoms with Gasteiger partial charge in [0.25, 0.3) is 0 Å². The van der Waals surface area contributed by atoms with Gasteiger partial charge >= 0.3 is 0 Å². The fourth-order valence-electron chi connectivity index (χ4n) is 3.35. The predicted octanol–water partition coefficient (Wildman–Crippen LogP) is 4.65. The van der Waals surface area contributed by atoms with Crippen molar-refractivity contribution in [3.8, 4) is 5.75 Å². The molecule has 1 aliphatic rings. The van der Waals surface area contributed by atoms with Crippen LogP contribution in [-0.4, -0.2) is 24.1 Å². The number of rotatable bonds is 5. The summed E-state index contributed by atoms with van der Waals surface area (Å²) in [5.41, 5.74) is 12.1. The molecule has 0 radical (unpaired) electrons. The van der Waals surface area contributed by atoms with E-state index in [1.807, 2.05) is 19.9 Å². The van der Waals surface area contributed by atoms with Gasteiger partial charge in [-0.25, -0.2) is 0 Å². The van der Waals surface area contributed by atoms with Crippen LogP contribution in [0.3, 0.4) is 0 Å². The molecule has 1 aliphatic heterocycles. The van der Waals surface area contributed by atoms with Crippen LogP contribution in [0.5, 0.6) is 5.75 Å². The second-order valence-electron chi connectivity index (χ2n) is 7.07. The number of ether oxygens (including phenoxy) is 1. The SMILES string of the molecule is Cc1cc(N)c(OC(C)C)cc1C1=CCN(Cc2ccccc2)CC1. The standard InChI is InChI=1S/C22H28N2O/c1-16(2)25-22-14-20(17(3)13-21(22)23)19-9-11-24(12-10-19)15-18-7-5-4-6-8-18/h4-9,13-14,16H,10-12,15,23H2,1-3H3. The van der Waals surface area contributed by atoms with E-state index in [4.69, 9.17) is 10.5 Å². The van der Waals surface area contributed by atoms with Crippen LogP contribution in [0.1, 0.15) is 37.0 Å². The molecule has 0 bridgehead atoms. The third kappa shape index (κ3) is 4.43. The molecule has 0 saturated heterocycles. The maximum atomic E-state index is 6.12. The highest BCUT2D eigenvalue weighted by molar-refractivity contribution is 5.73. The Kier molecular flexibility index (Phi) is 5.44. The van der Waals surface area contributed by atoms with Crippen LogP contribution in [0.15, 0.2) is 48.5 Å². The van der Waals surface area contributed by atoms with Gasteiger partial charge < -0.3 is 10.5 Å². The van der Waals surface area contributed by atoms with E-state index in [9.17, 15) is 0 Å². The Labute approximate surface area is 151 Å². The van der Waals surface area contributed by atoms with E-state index in [2.05, 4.69) is 54.3 Å². The molecule has 0 aromatic heterocycles. The minimum atomic E-state index is 0.125. The zero-order valence-electron chi connectivity index (χ0n) is 15.5. The molecule has 0 aliphatic carbocycles. The summed E-state index contributed by atoms with van der Waals surface area (Å²) < 4.78 is 5.87. The van der Waals surface area contributed by atoms with Crippen molar-refractivity contribution >= 4 is 11.3 Å². The Hall–Kier alpha value is -2.26. The lowest BCUT2D eigenvalue weighted by Crippen LogP contribution is -2.28. The minimum absolute atomic E-state index is 0.125. The van der Waals surface area contributed by atoms with Crippen LogP contribution in [0.4, 0.5) is 5.69 Å². The Morgan fingerprint density at radius 2 is 1.92 bits per heavy atom.